The molecule has 0 aromatic heterocycles. The summed E-state index contributed by atoms with van der Waals surface area (Å²) in [6.07, 6.45) is 0. The summed E-state index contributed by atoms with van der Waals surface area (Å²) >= 11 is 0. The number of rotatable bonds is 2. The Labute approximate surface area is 145 Å². The first-order valence-corrected chi connectivity index (χ1v) is 8.28. The molecule has 0 heterocycles. The second-order valence-electron chi connectivity index (χ2n) is 8.44. The second-order valence-corrected chi connectivity index (χ2v) is 8.44. The van der Waals surface area contributed by atoms with E-state index < -0.39 is 0 Å². The minimum Gasteiger partial charge on any atom is -0.508 e. The predicted molar refractivity (Wildman–Crippen MR) is 102 cm³/mol. The molecule has 2 N–H and O–H groups in total. The van der Waals surface area contributed by atoms with Crippen molar-refractivity contribution >= 4 is 5.57 Å². The Morgan fingerprint density at radius 3 is 1.33 bits per heavy atom. The van der Waals surface area contributed by atoms with Crippen molar-refractivity contribution < 1.29 is 10.2 Å². The highest BCUT2D eigenvalue weighted by atomic mass is 16.3. The van der Waals surface area contributed by atoms with Gasteiger partial charge in [0.2, 0.25) is 0 Å². The molecule has 0 atom stereocenters. The highest BCUT2D eigenvalue weighted by Gasteiger charge is 2.21. The van der Waals surface area contributed by atoms with Crippen LogP contribution in [0.1, 0.15) is 63.8 Å². The molecule has 2 nitrogen and oxygen atoms in total. The van der Waals surface area contributed by atoms with E-state index in [2.05, 4.69) is 48.1 Å². The fraction of sp³-hybridized carbons (Fsp3) is 0.364. The lowest BCUT2D eigenvalue weighted by molar-refractivity contribution is 0.446. The third-order valence-corrected chi connectivity index (χ3v) is 4.31. The van der Waals surface area contributed by atoms with Crippen LogP contribution in [0.2, 0.25) is 0 Å². The molecule has 0 amide bonds. The van der Waals surface area contributed by atoms with Crippen molar-refractivity contribution in [1.82, 2.24) is 0 Å². The molecule has 0 saturated carbocycles. The molecule has 2 heteroatoms. The van der Waals surface area contributed by atoms with Gasteiger partial charge in [-0.3, -0.25) is 0 Å². The molecule has 0 radical (unpaired) electrons. The van der Waals surface area contributed by atoms with E-state index in [1.54, 1.807) is 12.1 Å². The summed E-state index contributed by atoms with van der Waals surface area (Å²) in [6.45, 7) is 16.7. The molecule has 0 unspecified atom stereocenters. The van der Waals surface area contributed by atoms with E-state index in [1.807, 2.05) is 24.3 Å². The predicted octanol–water partition coefficient (Wildman–Crippen LogP) is 5.75. The lowest BCUT2D eigenvalue weighted by Gasteiger charge is -2.23. The first kappa shape index (κ1) is 18.1. The third-order valence-electron chi connectivity index (χ3n) is 4.31. The Morgan fingerprint density at radius 1 is 0.708 bits per heavy atom. The van der Waals surface area contributed by atoms with Crippen molar-refractivity contribution in [2.45, 2.75) is 52.4 Å². The average Bonchev–Trinajstić information content (AvgIpc) is 2.45. The van der Waals surface area contributed by atoms with Crippen LogP contribution in [0.25, 0.3) is 5.57 Å². The van der Waals surface area contributed by atoms with E-state index in [1.165, 1.54) is 0 Å². The van der Waals surface area contributed by atoms with Gasteiger partial charge < -0.3 is 10.2 Å². The molecule has 0 saturated heterocycles. The normalized spacial score (nSPS) is 12.2. The lowest BCUT2D eigenvalue weighted by atomic mass is 9.82. The first-order chi connectivity index (χ1) is 10.9. The molecule has 24 heavy (non-hydrogen) atoms. The molecule has 0 fully saturated rings. The Balaban J connectivity index is 2.51. The second kappa shape index (κ2) is 6.01. The van der Waals surface area contributed by atoms with E-state index in [4.69, 9.17) is 0 Å². The molecule has 2 rings (SSSR count). The summed E-state index contributed by atoms with van der Waals surface area (Å²) in [5.74, 6) is 0.611. The monoisotopic (exact) mass is 324 g/mol. The maximum absolute atomic E-state index is 10.1. The third kappa shape index (κ3) is 3.64. The van der Waals surface area contributed by atoms with Gasteiger partial charge in [-0.15, -0.1) is 0 Å². The molecule has 0 bridgehead atoms. The van der Waals surface area contributed by atoms with Gasteiger partial charge in [-0.2, -0.15) is 0 Å². The highest BCUT2D eigenvalue weighted by molar-refractivity contribution is 5.79. The average molecular weight is 324 g/mol. The number of benzene rings is 2. The SMILES string of the molecule is C=C(c1ccc(O)c(C(C)(C)C)c1)c1ccc(O)c(C(C)(C)C)c1. The van der Waals surface area contributed by atoms with Crippen molar-refractivity contribution in [2.24, 2.45) is 0 Å². The van der Waals surface area contributed by atoms with Crippen LogP contribution in [0.5, 0.6) is 11.5 Å². The van der Waals surface area contributed by atoms with Crippen LogP contribution in [0.15, 0.2) is 43.0 Å². The van der Waals surface area contributed by atoms with Crippen LogP contribution in [0.4, 0.5) is 0 Å². The molecule has 2 aromatic rings. The van der Waals surface area contributed by atoms with E-state index in [9.17, 15) is 10.2 Å². The maximum atomic E-state index is 10.1. The summed E-state index contributed by atoms with van der Waals surface area (Å²) in [5, 5.41) is 20.3. The van der Waals surface area contributed by atoms with Gasteiger partial charge in [0.05, 0.1) is 0 Å². The van der Waals surface area contributed by atoms with Crippen LogP contribution < -0.4 is 0 Å². The van der Waals surface area contributed by atoms with Gasteiger partial charge in [-0.25, -0.2) is 0 Å². The zero-order valence-corrected chi connectivity index (χ0v) is 15.6. The van der Waals surface area contributed by atoms with Crippen LogP contribution >= 0.6 is 0 Å². The molecule has 0 aliphatic rings. The largest absolute Gasteiger partial charge is 0.508 e. The summed E-state index contributed by atoms with van der Waals surface area (Å²) in [4.78, 5) is 0. The van der Waals surface area contributed by atoms with Gasteiger partial charge in [0, 0.05) is 0 Å². The molecule has 128 valence electrons. The summed E-state index contributed by atoms with van der Waals surface area (Å²) in [6, 6.07) is 11.2. The van der Waals surface area contributed by atoms with Gasteiger partial charge in [-0.1, -0.05) is 60.3 Å². The van der Waals surface area contributed by atoms with Gasteiger partial charge in [0.25, 0.3) is 0 Å². The van der Waals surface area contributed by atoms with Gasteiger partial charge in [0.1, 0.15) is 11.5 Å². The highest BCUT2D eigenvalue weighted by Crippen LogP contribution is 2.36. The number of phenols is 2. The molecular formula is C22H28O2. The number of phenolic OH excluding ortho intramolecular Hbond substituents is 2. The van der Waals surface area contributed by atoms with Crippen LogP contribution in [0.3, 0.4) is 0 Å². The van der Waals surface area contributed by atoms with Crippen LogP contribution in [-0.2, 0) is 10.8 Å². The van der Waals surface area contributed by atoms with Crippen molar-refractivity contribution in [3.63, 3.8) is 0 Å². The Morgan fingerprint density at radius 2 is 1.04 bits per heavy atom. The molecule has 0 spiro atoms. The Hall–Kier alpha value is -2.22. The molecular weight excluding hydrogens is 296 g/mol. The zero-order valence-electron chi connectivity index (χ0n) is 15.6. The number of aromatic hydroxyl groups is 2. The minimum atomic E-state index is -0.147. The first-order valence-electron chi connectivity index (χ1n) is 8.28. The van der Waals surface area contributed by atoms with Gasteiger partial charge in [-0.05, 0) is 62.9 Å². The lowest BCUT2D eigenvalue weighted by Crippen LogP contribution is -2.12. The number of hydrogen-bond donors (Lipinski definition) is 2. The Bertz CT molecular complexity index is 706. The van der Waals surface area contributed by atoms with Crippen molar-refractivity contribution in [3.8, 4) is 11.5 Å². The van der Waals surface area contributed by atoms with E-state index in [0.717, 1.165) is 27.8 Å². The zero-order chi connectivity index (χ0) is 18.3. The van der Waals surface area contributed by atoms with E-state index in [0.29, 0.717) is 11.5 Å². The molecule has 2 aromatic carbocycles. The van der Waals surface area contributed by atoms with Crippen LogP contribution in [-0.4, -0.2) is 10.2 Å². The quantitative estimate of drug-likeness (QED) is 0.738. The van der Waals surface area contributed by atoms with Crippen molar-refractivity contribution in [3.05, 3.63) is 65.2 Å². The fourth-order valence-electron chi connectivity index (χ4n) is 2.82. The minimum absolute atomic E-state index is 0.147. The smallest absolute Gasteiger partial charge is 0.119 e. The van der Waals surface area contributed by atoms with Gasteiger partial charge in [0.15, 0.2) is 0 Å². The van der Waals surface area contributed by atoms with Gasteiger partial charge >= 0.3 is 0 Å². The standard InChI is InChI=1S/C22H28O2/c1-14(15-8-10-19(23)17(12-15)21(2,3)4)16-9-11-20(24)18(13-16)22(5,6)7/h8-13,23-24H,1H2,2-7H3. The fourth-order valence-corrected chi connectivity index (χ4v) is 2.82. The van der Waals surface area contributed by atoms with Crippen molar-refractivity contribution in [1.29, 1.82) is 0 Å². The summed E-state index contributed by atoms with van der Waals surface area (Å²) in [7, 11) is 0. The molecule has 0 aliphatic heterocycles. The maximum Gasteiger partial charge on any atom is 0.119 e. The van der Waals surface area contributed by atoms with Crippen LogP contribution in [0, 0.1) is 0 Å². The summed E-state index contributed by atoms with van der Waals surface area (Å²) in [5.41, 5.74) is 4.34. The van der Waals surface area contributed by atoms with E-state index >= 15 is 0 Å². The topological polar surface area (TPSA) is 40.5 Å². The van der Waals surface area contributed by atoms with E-state index in [-0.39, 0.29) is 10.8 Å². The summed E-state index contributed by atoms with van der Waals surface area (Å²) < 4.78 is 0. The van der Waals surface area contributed by atoms with Crippen molar-refractivity contribution in [2.75, 3.05) is 0 Å². The Kier molecular flexibility index (Phi) is 4.54. The molecule has 0 aliphatic carbocycles. The number of hydrogen-bond acceptors (Lipinski definition) is 2.